The maximum atomic E-state index is 11.7. The van der Waals surface area contributed by atoms with Crippen LogP contribution in [-0.2, 0) is 9.59 Å². The highest BCUT2D eigenvalue weighted by molar-refractivity contribution is 6.06. The zero-order valence-electron chi connectivity index (χ0n) is 9.40. The van der Waals surface area contributed by atoms with Crippen LogP contribution in [0, 0.1) is 11.8 Å². The van der Waals surface area contributed by atoms with Crippen LogP contribution in [0.25, 0.3) is 0 Å². The number of carbonyl (C=O) groups is 2. The number of nitrogens with one attached hydrogen (secondary N) is 1. The molecule has 0 aromatic carbocycles. The third-order valence-electron chi connectivity index (χ3n) is 3.59. The van der Waals surface area contributed by atoms with Gasteiger partial charge in [0.15, 0.2) is 5.78 Å². The molecule has 0 saturated heterocycles. The highest BCUT2D eigenvalue weighted by Gasteiger charge is 2.41. The van der Waals surface area contributed by atoms with Gasteiger partial charge in [-0.3, -0.25) is 9.59 Å². The number of aliphatic carboxylic acids is 1. The van der Waals surface area contributed by atoms with Crippen LogP contribution in [0.4, 0.5) is 0 Å². The van der Waals surface area contributed by atoms with Crippen LogP contribution in [-0.4, -0.2) is 22.9 Å². The van der Waals surface area contributed by atoms with Crippen LogP contribution in [0.15, 0.2) is 11.8 Å². The highest BCUT2D eigenvalue weighted by atomic mass is 16.4. The van der Waals surface area contributed by atoms with E-state index >= 15 is 0 Å². The van der Waals surface area contributed by atoms with Gasteiger partial charge in [-0.25, -0.2) is 0 Å². The summed E-state index contributed by atoms with van der Waals surface area (Å²) in [4.78, 5) is 22.9. The summed E-state index contributed by atoms with van der Waals surface area (Å²) in [6.45, 7) is 1.82. The standard InChI is InChI=1S/C12H17NO3/c1-7-6-9(14)10(12(15)16)11(13-7)8-4-2-3-5-8/h6,8,10-11,13H,2-5H2,1H3,(H,15,16). The normalized spacial score (nSPS) is 31.1. The van der Waals surface area contributed by atoms with Crippen molar-refractivity contribution in [3.8, 4) is 0 Å². The quantitative estimate of drug-likeness (QED) is 0.693. The van der Waals surface area contributed by atoms with Crippen LogP contribution in [0.1, 0.15) is 32.6 Å². The van der Waals surface area contributed by atoms with E-state index in [2.05, 4.69) is 5.32 Å². The number of carboxylic acid groups (broad SMARTS) is 1. The lowest BCUT2D eigenvalue weighted by molar-refractivity contribution is -0.147. The molecule has 1 aliphatic carbocycles. The molecule has 2 N–H and O–H groups in total. The van der Waals surface area contributed by atoms with Gasteiger partial charge < -0.3 is 10.4 Å². The topological polar surface area (TPSA) is 66.4 Å². The second-order valence-electron chi connectivity index (χ2n) is 4.76. The molecule has 2 aliphatic rings. The summed E-state index contributed by atoms with van der Waals surface area (Å²) in [6.07, 6.45) is 5.76. The smallest absolute Gasteiger partial charge is 0.316 e. The molecule has 0 aromatic rings. The summed E-state index contributed by atoms with van der Waals surface area (Å²) in [5.41, 5.74) is 0.791. The minimum Gasteiger partial charge on any atom is -0.481 e. The van der Waals surface area contributed by atoms with E-state index in [-0.39, 0.29) is 11.8 Å². The minimum atomic E-state index is -1.00. The predicted octanol–water partition coefficient (Wildman–Crippen LogP) is 1.32. The minimum absolute atomic E-state index is 0.211. The Labute approximate surface area is 94.7 Å². The van der Waals surface area contributed by atoms with Crippen molar-refractivity contribution in [2.45, 2.75) is 38.6 Å². The Morgan fingerprint density at radius 1 is 1.44 bits per heavy atom. The summed E-state index contributed by atoms with van der Waals surface area (Å²) < 4.78 is 0. The number of hydrogen-bond acceptors (Lipinski definition) is 3. The van der Waals surface area contributed by atoms with Crippen molar-refractivity contribution >= 4 is 11.8 Å². The Bertz CT molecular complexity index is 342. The molecular formula is C12H17NO3. The van der Waals surface area contributed by atoms with Crippen molar-refractivity contribution in [1.82, 2.24) is 5.32 Å². The predicted molar refractivity (Wildman–Crippen MR) is 58.8 cm³/mol. The molecule has 2 atom stereocenters. The van der Waals surface area contributed by atoms with E-state index in [1.807, 2.05) is 6.92 Å². The molecular weight excluding hydrogens is 206 g/mol. The lowest BCUT2D eigenvalue weighted by Gasteiger charge is -2.33. The van der Waals surface area contributed by atoms with Crippen molar-refractivity contribution in [3.63, 3.8) is 0 Å². The van der Waals surface area contributed by atoms with E-state index in [0.29, 0.717) is 5.92 Å². The molecule has 4 nitrogen and oxygen atoms in total. The van der Waals surface area contributed by atoms with Crippen molar-refractivity contribution in [2.75, 3.05) is 0 Å². The Morgan fingerprint density at radius 3 is 2.62 bits per heavy atom. The van der Waals surface area contributed by atoms with E-state index in [1.54, 1.807) is 0 Å². The fraction of sp³-hybridized carbons (Fsp3) is 0.667. The average molecular weight is 223 g/mol. The molecule has 0 amide bonds. The van der Waals surface area contributed by atoms with Crippen molar-refractivity contribution < 1.29 is 14.7 Å². The summed E-state index contributed by atoms with van der Waals surface area (Å²) >= 11 is 0. The molecule has 0 spiro atoms. The number of allylic oxidation sites excluding steroid dienone is 2. The molecule has 88 valence electrons. The molecule has 4 heteroatoms. The van der Waals surface area contributed by atoms with Crippen molar-refractivity contribution in [2.24, 2.45) is 11.8 Å². The Morgan fingerprint density at radius 2 is 2.06 bits per heavy atom. The Kier molecular flexibility index (Phi) is 2.99. The molecule has 1 saturated carbocycles. The van der Waals surface area contributed by atoms with Gasteiger partial charge in [-0.15, -0.1) is 0 Å². The first-order chi connectivity index (χ1) is 7.59. The summed E-state index contributed by atoms with van der Waals surface area (Å²) in [5, 5.41) is 12.3. The fourth-order valence-electron chi connectivity index (χ4n) is 2.85. The molecule has 0 radical (unpaired) electrons. The zero-order chi connectivity index (χ0) is 11.7. The second-order valence-corrected chi connectivity index (χ2v) is 4.76. The van der Waals surface area contributed by atoms with Crippen molar-refractivity contribution in [1.29, 1.82) is 0 Å². The van der Waals surface area contributed by atoms with E-state index in [1.165, 1.54) is 6.08 Å². The van der Waals surface area contributed by atoms with Gasteiger partial charge in [0.05, 0.1) is 0 Å². The molecule has 1 aliphatic heterocycles. The zero-order valence-corrected chi connectivity index (χ0v) is 9.40. The third kappa shape index (κ3) is 1.96. The van der Waals surface area contributed by atoms with Crippen LogP contribution in [0.2, 0.25) is 0 Å². The summed E-state index contributed by atoms with van der Waals surface area (Å²) in [7, 11) is 0. The van der Waals surface area contributed by atoms with E-state index in [4.69, 9.17) is 5.11 Å². The highest BCUT2D eigenvalue weighted by Crippen LogP contribution is 2.33. The first kappa shape index (κ1) is 11.2. The molecule has 16 heavy (non-hydrogen) atoms. The van der Waals surface area contributed by atoms with E-state index in [0.717, 1.165) is 31.4 Å². The first-order valence-corrected chi connectivity index (χ1v) is 5.81. The van der Waals surface area contributed by atoms with Crippen molar-refractivity contribution in [3.05, 3.63) is 11.8 Å². The van der Waals surface area contributed by atoms with Gasteiger partial charge in [-0.05, 0) is 25.7 Å². The SMILES string of the molecule is CC1=CC(=O)C(C(=O)O)C(C2CCCC2)N1. The fourth-order valence-corrected chi connectivity index (χ4v) is 2.85. The molecule has 1 fully saturated rings. The van der Waals surface area contributed by atoms with Gasteiger partial charge in [0, 0.05) is 17.8 Å². The van der Waals surface area contributed by atoms with Gasteiger partial charge >= 0.3 is 5.97 Å². The van der Waals surface area contributed by atoms with Crippen LogP contribution in [0.5, 0.6) is 0 Å². The Balaban J connectivity index is 2.23. The van der Waals surface area contributed by atoms with E-state index in [9.17, 15) is 9.59 Å². The number of ketones is 1. The van der Waals surface area contributed by atoms with Gasteiger partial charge in [0.1, 0.15) is 5.92 Å². The van der Waals surface area contributed by atoms with Crippen LogP contribution >= 0.6 is 0 Å². The van der Waals surface area contributed by atoms with Gasteiger partial charge in [-0.2, -0.15) is 0 Å². The number of carbonyl (C=O) groups excluding carboxylic acids is 1. The lowest BCUT2D eigenvalue weighted by atomic mass is 9.82. The van der Waals surface area contributed by atoms with Gasteiger partial charge in [0.25, 0.3) is 0 Å². The molecule has 2 rings (SSSR count). The monoisotopic (exact) mass is 223 g/mol. The van der Waals surface area contributed by atoms with Crippen LogP contribution in [0.3, 0.4) is 0 Å². The average Bonchev–Trinajstić information content (AvgIpc) is 2.67. The largest absolute Gasteiger partial charge is 0.481 e. The number of carboxylic acids is 1. The maximum Gasteiger partial charge on any atom is 0.316 e. The van der Waals surface area contributed by atoms with Crippen LogP contribution < -0.4 is 5.32 Å². The molecule has 1 heterocycles. The molecule has 0 bridgehead atoms. The molecule has 2 unspecified atom stereocenters. The maximum absolute atomic E-state index is 11.7. The number of hydrogen-bond donors (Lipinski definition) is 2. The van der Waals surface area contributed by atoms with Gasteiger partial charge in [0.2, 0.25) is 0 Å². The lowest BCUT2D eigenvalue weighted by Crippen LogP contribution is -2.50. The number of rotatable bonds is 2. The second kappa shape index (κ2) is 4.28. The Hall–Kier alpha value is -1.32. The summed E-state index contributed by atoms with van der Waals surface area (Å²) in [5.74, 6) is -1.83. The molecule has 0 aromatic heterocycles. The van der Waals surface area contributed by atoms with Gasteiger partial charge in [-0.1, -0.05) is 12.8 Å². The first-order valence-electron chi connectivity index (χ1n) is 5.81. The van der Waals surface area contributed by atoms with E-state index < -0.39 is 11.9 Å². The summed E-state index contributed by atoms with van der Waals surface area (Å²) in [6, 6.07) is -0.211. The third-order valence-corrected chi connectivity index (χ3v) is 3.59.